The molecule has 3 rings (SSSR count). The summed E-state index contributed by atoms with van der Waals surface area (Å²) in [6.07, 6.45) is -4.00. The monoisotopic (exact) mass is 371 g/mol. The van der Waals surface area contributed by atoms with Gasteiger partial charge >= 0.3 is 6.18 Å². The van der Waals surface area contributed by atoms with Gasteiger partial charge in [-0.1, -0.05) is 0 Å². The van der Waals surface area contributed by atoms with Crippen LogP contribution in [0.25, 0.3) is 11.0 Å². The first kappa shape index (κ1) is 18.3. The molecule has 0 unspecified atom stereocenters. The first-order chi connectivity index (χ1) is 12.3. The van der Waals surface area contributed by atoms with Crippen LogP contribution in [0.1, 0.15) is 26.1 Å². The molecule has 6 nitrogen and oxygen atoms in total. The van der Waals surface area contributed by atoms with Crippen LogP contribution in [0.15, 0.2) is 12.1 Å². The minimum atomic E-state index is -4.68. The van der Waals surface area contributed by atoms with Crippen LogP contribution in [0.3, 0.4) is 0 Å². The number of halogens is 3. The number of amides is 1. The Morgan fingerprint density at radius 1 is 1.19 bits per heavy atom. The summed E-state index contributed by atoms with van der Waals surface area (Å²) in [4.78, 5) is 17.6. The molecular formula is C17H20F3N3O3. The Kier molecular flexibility index (Phi) is 4.97. The molecule has 2 heterocycles. The third-order valence-corrected chi connectivity index (χ3v) is 4.28. The summed E-state index contributed by atoms with van der Waals surface area (Å²) in [5, 5.41) is 0. The van der Waals surface area contributed by atoms with Crippen LogP contribution in [0, 0.1) is 0 Å². The molecule has 26 heavy (non-hydrogen) atoms. The number of ether oxygens (including phenoxy) is 2. The Labute approximate surface area is 148 Å². The number of fused-ring (bicyclic) bond motifs is 2. The highest BCUT2D eigenvalue weighted by molar-refractivity contribution is 5.84. The number of imidazole rings is 1. The molecule has 0 atom stereocenters. The van der Waals surface area contributed by atoms with Crippen molar-refractivity contribution < 1.29 is 27.4 Å². The first-order valence-corrected chi connectivity index (χ1v) is 8.50. The number of likely N-dealkylation sites (N-methyl/N-ethyl adjacent to an activating group) is 1. The summed E-state index contributed by atoms with van der Waals surface area (Å²) in [7, 11) is 0. The van der Waals surface area contributed by atoms with E-state index in [0.29, 0.717) is 44.2 Å². The molecule has 9 heteroatoms. The Hall–Kier alpha value is -2.45. The molecular weight excluding hydrogens is 351 g/mol. The third-order valence-electron chi connectivity index (χ3n) is 4.28. The van der Waals surface area contributed by atoms with Crippen LogP contribution < -0.4 is 9.47 Å². The van der Waals surface area contributed by atoms with Crippen LogP contribution >= 0.6 is 0 Å². The Bertz CT molecular complexity index is 813. The lowest BCUT2D eigenvalue weighted by Crippen LogP contribution is -2.34. The normalized spacial score (nSPS) is 14.3. The lowest BCUT2D eigenvalue weighted by Gasteiger charge is -2.20. The fourth-order valence-corrected chi connectivity index (χ4v) is 2.97. The zero-order valence-electron chi connectivity index (χ0n) is 14.6. The van der Waals surface area contributed by atoms with Crippen molar-refractivity contribution in [2.24, 2.45) is 0 Å². The van der Waals surface area contributed by atoms with E-state index in [1.54, 1.807) is 13.8 Å². The van der Waals surface area contributed by atoms with Crippen LogP contribution in [0.5, 0.6) is 11.5 Å². The number of rotatable bonds is 4. The van der Waals surface area contributed by atoms with Crippen molar-refractivity contribution in [3.63, 3.8) is 0 Å². The number of alkyl halides is 3. The number of carbonyl (C=O) groups is 1. The molecule has 1 aliphatic rings. The fraction of sp³-hybridized carbons (Fsp3) is 0.529. The van der Waals surface area contributed by atoms with Crippen molar-refractivity contribution in [2.75, 3.05) is 26.3 Å². The minimum Gasteiger partial charge on any atom is -0.489 e. The van der Waals surface area contributed by atoms with Gasteiger partial charge < -0.3 is 18.9 Å². The van der Waals surface area contributed by atoms with Crippen LogP contribution in [0.2, 0.25) is 0 Å². The van der Waals surface area contributed by atoms with E-state index >= 15 is 0 Å². The van der Waals surface area contributed by atoms with E-state index in [2.05, 4.69) is 4.98 Å². The Balaban J connectivity index is 2.11. The number of aromatic nitrogens is 2. The van der Waals surface area contributed by atoms with Crippen molar-refractivity contribution in [1.29, 1.82) is 0 Å². The van der Waals surface area contributed by atoms with Gasteiger partial charge in [-0.15, -0.1) is 0 Å². The van der Waals surface area contributed by atoms with Gasteiger partial charge in [0.1, 0.15) is 6.54 Å². The van der Waals surface area contributed by atoms with Gasteiger partial charge in [0.05, 0.1) is 24.2 Å². The molecule has 1 aromatic carbocycles. The average Bonchev–Trinajstić information content (AvgIpc) is 2.77. The van der Waals surface area contributed by atoms with E-state index in [4.69, 9.17) is 9.47 Å². The van der Waals surface area contributed by atoms with E-state index in [1.807, 2.05) is 0 Å². The van der Waals surface area contributed by atoms with Crippen molar-refractivity contribution in [2.45, 2.75) is 33.0 Å². The van der Waals surface area contributed by atoms with E-state index in [0.717, 1.165) is 4.57 Å². The molecule has 1 aliphatic heterocycles. The summed E-state index contributed by atoms with van der Waals surface area (Å²) in [5.41, 5.74) is 0.316. The predicted molar refractivity (Wildman–Crippen MR) is 88.3 cm³/mol. The van der Waals surface area contributed by atoms with Gasteiger partial charge in [0, 0.05) is 31.6 Å². The lowest BCUT2D eigenvalue weighted by molar-refractivity contribution is -0.148. The molecule has 1 aromatic heterocycles. The van der Waals surface area contributed by atoms with Gasteiger partial charge in [0.2, 0.25) is 11.7 Å². The Morgan fingerprint density at radius 2 is 1.81 bits per heavy atom. The van der Waals surface area contributed by atoms with Crippen molar-refractivity contribution in [1.82, 2.24) is 14.5 Å². The lowest BCUT2D eigenvalue weighted by atomic mass is 10.2. The molecule has 0 N–H and O–H groups in total. The minimum absolute atomic E-state index is 0.119. The zero-order chi connectivity index (χ0) is 18.9. The molecule has 142 valence electrons. The van der Waals surface area contributed by atoms with Crippen molar-refractivity contribution in [3.8, 4) is 11.5 Å². The fourth-order valence-electron chi connectivity index (χ4n) is 2.97. The number of hydrogen-bond donors (Lipinski definition) is 0. The molecule has 2 aromatic rings. The average molecular weight is 371 g/mol. The SMILES string of the molecule is CCN(CC)C(=O)Cn1c(C(F)(F)F)nc2cc3c(cc21)OCCCO3. The summed E-state index contributed by atoms with van der Waals surface area (Å²) in [5.74, 6) is -0.774. The van der Waals surface area contributed by atoms with Gasteiger partial charge in [0.25, 0.3) is 0 Å². The Morgan fingerprint density at radius 3 is 2.38 bits per heavy atom. The van der Waals surface area contributed by atoms with Gasteiger partial charge in [-0.3, -0.25) is 4.79 Å². The quantitative estimate of drug-likeness (QED) is 0.829. The van der Waals surface area contributed by atoms with Gasteiger partial charge in [-0.05, 0) is 13.8 Å². The first-order valence-electron chi connectivity index (χ1n) is 8.50. The second-order valence-electron chi connectivity index (χ2n) is 5.92. The molecule has 0 radical (unpaired) electrons. The van der Waals surface area contributed by atoms with Crippen LogP contribution in [-0.4, -0.2) is 46.7 Å². The van der Waals surface area contributed by atoms with Crippen molar-refractivity contribution in [3.05, 3.63) is 18.0 Å². The molecule has 0 aliphatic carbocycles. The molecule has 0 bridgehead atoms. The molecule has 0 saturated heterocycles. The second-order valence-corrected chi connectivity index (χ2v) is 5.92. The smallest absolute Gasteiger partial charge is 0.449 e. The largest absolute Gasteiger partial charge is 0.489 e. The summed E-state index contributed by atoms with van der Waals surface area (Å²) in [6, 6.07) is 2.90. The molecule has 0 fully saturated rings. The number of benzene rings is 1. The van der Waals surface area contributed by atoms with Crippen LogP contribution in [0.4, 0.5) is 13.2 Å². The van der Waals surface area contributed by atoms with Gasteiger partial charge in [-0.25, -0.2) is 4.98 Å². The van der Waals surface area contributed by atoms with E-state index in [-0.39, 0.29) is 11.0 Å². The number of carbonyl (C=O) groups excluding carboxylic acids is 1. The second kappa shape index (κ2) is 7.05. The summed E-state index contributed by atoms with van der Waals surface area (Å²) < 4.78 is 52.4. The standard InChI is InChI=1S/C17H20F3N3O3/c1-3-22(4-2)15(24)10-23-12-9-14-13(25-6-5-7-26-14)8-11(12)21-16(23)17(18,19)20/h8-9H,3-7,10H2,1-2H3. The van der Waals surface area contributed by atoms with E-state index in [9.17, 15) is 18.0 Å². The van der Waals surface area contributed by atoms with E-state index in [1.165, 1.54) is 17.0 Å². The maximum atomic E-state index is 13.5. The van der Waals surface area contributed by atoms with Crippen LogP contribution in [-0.2, 0) is 17.5 Å². The molecule has 0 spiro atoms. The number of hydrogen-bond acceptors (Lipinski definition) is 4. The maximum Gasteiger partial charge on any atom is 0.449 e. The zero-order valence-corrected chi connectivity index (χ0v) is 14.6. The van der Waals surface area contributed by atoms with Crippen molar-refractivity contribution >= 4 is 16.9 Å². The highest BCUT2D eigenvalue weighted by atomic mass is 19.4. The molecule has 1 amide bonds. The van der Waals surface area contributed by atoms with Gasteiger partial charge in [-0.2, -0.15) is 13.2 Å². The van der Waals surface area contributed by atoms with E-state index < -0.39 is 24.5 Å². The highest BCUT2D eigenvalue weighted by Gasteiger charge is 2.38. The summed E-state index contributed by atoms with van der Waals surface area (Å²) >= 11 is 0. The topological polar surface area (TPSA) is 56.6 Å². The van der Waals surface area contributed by atoms with Gasteiger partial charge in [0.15, 0.2) is 11.5 Å². The predicted octanol–water partition coefficient (Wildman–Crippen LogP) is 3.08. The third kappa shape index (κ3) is 3.42. The maximum absolute atomic E-state index is 13.5. The highest BCUT2D eigenvalue weighted by Crippen LogP contribution is 2.37. The molecule has 0 saturated carbocycles. The number of nitrogens with zero attached hydrogens (tertiary/aromatic N) is 3. The summed E-state index contributed by atoms with van der Waals surface area (Å²) in [6.45, 7) is 4.81.